The molecule has 5 nitrogen and oxygen atoms in total. The Morgan fingerprint density at radius 2 is 2.05 bits per heavy atom. The van der Waals surface area contributed by atoms with Crippen LogP contribution in [0, 0.1) is 6.33 Å². The Kier molecular flexibility index (Phi) is 5.01. The summed E-state index contributed by atoms with van der Waals surface area (Å²) in [7, 11) is 0. The first-order valence-electron chi connectivity index (χ1n) is 6.37. The van der Waals surface area contributed by atoms with Crippen molar-refractivity contribution in [1.29, 1.82) is 0 Å². The molecule has 2 aromatic rings. The Labute approximate surface area is 124 Å². The lowest BCUT2D eigenvalue weighted by molar-refractivity contribution is -0.291. The summed E-state index contributed by atoms with van der Waals surface area (Å²) in [5.74, 6) is -1.62. The zero-order valence-corrected chi connectivity index (χ0v) is 11.3. The predicted octanol–water partition coefficient (Wildman–Crippen LogP) is 0.630. The molecule has 0 unspecified atom stereocenters. The highest BCUT2D eigenvalue weighted by molar-refractivity contribution is 5.79. The Bertz CT molecular complexity index is 602. The Morgan fingerprint density at radius 3 is 2.55 bits per heavy atom. The number of benzene rings is 1. The molecule has 22 heavy (non-hydrogen) atoms. The molecule has 0 aliphatic carbocycles. The number of alkyl halides is 3. The summed E-state index contributed by atoms with van der Waals surface area (Å²) in [6, 6.07) is 4.82. The molecular formula is C14H13F3N3O2+. The lowest BCUT2D eigenvalue weighted by Gasteiger charge is -2.21. The quantitative estimate of drug-likeness (QED) is 0.822. The molecule has 0 aliphatic rings. The first-order valence-corrected chi connectivity index (χ1v) is 6.37. The van der Waals surface area contributed by atoms with Gasteiger partial charge in [-0.3, -0.25) is 4.79 Å². The summed E-state index contributed by atoms with van der Waals surface area (Å²) in [6.45, 7) is -1.17. The van der Waals surface area contributed by atoms with Gasteiger partial charge >= 0.3 is 12.8 Å². The number of amides is 1. The maximum Gasteiger partial charge on any atom is 0.388 e. The van der Waals surface area contributed by atoms with Gasteiger partial charge in [0.05, 0.1) is 6.04 Å². The highest BCUT2D eigenvalue weighted by Crippen LogP contribution is 2.19. The smallest absolute Gasteiger partial charge is 0.386 e. The largest absolute Gasteiger partial charge is 0.388 e. The third-order valence-corrected chi connectivity index (χ3v) is 3.04. The molecule has 1 aromatic heterocycles. The maximum atomic E-state index is 12.9. The van der Waals surface area contributed by atoms with Crippen molar-refractivity contribution in [2.75, 3.05) is 6.67 Å². The molecule has 0 fully saturated rings. The lowest BCUT2D eigenvalue weighted by atomic mass is 10.0. The summed E-state index contributed by atoms with van der Waals surface area (Å²) in [5, 5.41) is 11.8. The molecule has 2 N–H and O–H groups in total. The summed E-state index contributed by atoms with van der Waals surface area (Å²) < 4.78 is 38.8. The van der Waals surface area contributed by atoms with Gasteiger partial charge < -0.3 is 10.4 Å². The Hall–Kier alpha value is -2.53. The molecule has 0 bridgehead atoms. The maximum absolute atomic E-state index is 12.9. The number of hydrogen-bond donors (Lipinski definition) is 2. The van der Waals surface area contributed by atoms with Crippen molar-refractivity contribution in [1.82, 2.24) is 9.88 Å². The third-order valence-electron chi connectivity index (χ3n) is 3.04. The van der Waals surface area contributed by atoms with Crippen LogP contribution in [0.15, 0.2) is 36.7 Å². The van der Waals surface area contributed by atoms with E-state index < -0.39 is 31.2 Å². The van der Waals surface area contributed by atoms with Crippen molar-refractivity contribution in [2.24, 2.45) is 0 Å². The first kappa shape index (κ1) is 15.9. The summed E-state index contributed by atoms with van der Waals surface area (Å²) >= 11 is 0. The second-order valence-electron chi connectivity index (χ2n) is 4.50. The normalized spacial score (nSPS) is 13.5. The SMILES string of the molecule is O=C(N[C@H](CF)[C@H](O)c1ccc(-n2c#[n+]cc2)cc1)C(F)F. The molecule has 1 heterocycles. The summed E-state index contributed by atoms with van der Waals surface area (Å²) in [6.07, 6.45) is 1.19. The van der Waals surface area contributed by atoms with Gasteiger partial charge in [0.25, 0.3) is 5.91 Å². The minimum atomic E-state index is -3.26. The minimum Gasteiger partial charge on any atom is -0.386 e. The zero-order valence-electron chi connectivity index (χ0n) is 11.3. The molecule has 116 valence electrons. The van der Waals surface area contributed by atoms with Crippen LogP contribution in [0.4, 0.5) is 13.2 Å². The average molecular weight is 312 g/mol. The van der Waals surface area contributed by atoms with Crippen LogP contribution in [-0.2, 0) is 4.79 Å². The van der Waals surface area contributed by atoms with E-state index in [1.54, 1.807) is 34.4 Å². The summed E-state index contributed by atoms with van der Waals surface area (Å²) in [4.78, 5) is 14.7. The lowest BCUT2D eigenvalue weighted by Crippen LogP contribution is -2.43. The van der Waals surface area contributed by atoms with E-state index in [4.69, 9.17) is 0 Å². The second-order valence-corrected chi connectivity index (χ2v) is 4.50. The van der Waals surface area contributed by atoms with E-state index in [1.807, 2.05) is 0 Å². The molecule has 0 spiro atoms. The fraction of sp³-hybridized carbons (Fsp3) is 0.286. The number of hydrogen-bond acceptors (Lipinski definition) is 2. The van der Waals surface area contributed by atoms with E-state index in [0.717, 1.165) is 0 Å². The molecule has 2 rings (SSSR count). The van der Waals surface area contributed by atoms with Crippen LogP contribution in [0.5, 0.6) is 0 Å². The summed E-state index contributed by atoms with van der Waals surface area (Å²) in [5.41, 5.74) is 1.00. The van der Waals surface area contributed by atoms with Gasteiger partial charge in [-0.1, -0.05) is 12.1 Å². The van der Waals surface area contributed by atoms with Gasteiger partial charge in [0.15, 0.2) is 6.20 Å². The average Bonchev–Trinajstić information content (AvgIpc) is 3.06. The van der Waals surface area contributed by atoms with E-state index in [1.165, 1.54) is 12.1 Å². The number of carbonyl (C=O) groups is 1. The highest BCUT2D eigenvalue weighted by Gasteiger charge is 2.26. The molecule has 2 atom stereocenters. The van der Waals surface area contributed by atoms with Crippen molar-refractivity contribution < 1.29 is 28.1 Å². The zero-order chi connectivity index (χ0) is 16.1. The van der Waals surface area contributed by atoms with Crippen LogP contribution < -0.4 is 10.3 Å². The van der Waals surface area contributed by atoms with Crippen LogP contribution in [-0.4, -0.2) is 34.7 Å². The van der Waals surface area contributed by atoms with Crippen molar-refractivity contribution in [3.63, 3.8) is 0 Å². The van der Waals surface area contributed by atoms with Crippen LogP contribution in [0.3, 0.4) is 0 Å². The van der Waals surface area contributed by atoms with Crippen molar-refractivity contribution in [2.45, 2.75) is 18.6 Å². The van der Waals surface area contributed by atoms with E-state index in [-0.39, 0.29) is 0 Å². The van der Waals surface area contributed by atoms with Gasteiger partial charge in [0.2, 0.25) is 6.20 Å². The van der Waals surface area contributed by atoms with E-state index in [9.17, 15) is 23.1 Å². The molecule has 0 aliphatic heterocycles. The fourth-order valence-electron chi connectivity index (χ4n) is 1.88. The van der Waals surface area contributed by atoms with Gasteiger partial charge in [-0.2, -0.15) is 13.8 Å². The number of aliphatic hydroxyl groups excluding tert-OH is 1. The van der Waals surface area contributed by atoms with E-state index >= 15 is 0 Å². The molecule has 0 saturated heterocycles. The Balaban J connectivity index is 2.10. The molecule has 8 heteroatoms. The van der Waals surface area contributed by atoms with Gasteiger partial charge in [0.1, 0.15) is 18.5 Å². The molecular weight excluding hydrogens is 299 g/mol. The Morgan fingerprint density at radius 1 is 1.36 bits per heavy atom. The molecule has 1 amide bonds. The number of carbonyl (C=O) groups excluding carboxylic acids is 1. The fourth-order valence-corrected chi connectivity index (χ4v) is 1.88. The third kappa shape index (κ3) is 3.56. The number of nitrogens with zero attached hydrogens (tertiary/aromatic N) is 2. The van der Waals surface area contributed by atoms with Crippen molar-refractivity contribution in [3.05, 3.63) is 48.5 Å². The van der Waals surface area contributed by atoms with Crippen LogP contribution >= 0.6 is 0 Å². The van der Waals surface area contributed by atoms with Crippen molar-refractivity contribution >= 4 is 5.91 Å². The highest BCUT2D eigenvalue weighted by atomic mass is 19.3. The van der Waals surface area contributed by atoms with Gasteiger partial charge in [-0.15, -0.1) is 4.57 Å². The van der Waals surface area contributed by atoms with Crippen molar-refractivity contribution in [3.8, 4) is 5.69 Å². The molecule has 0 saturated carbocycles. The van der Waals surface area contributed by atoms with Gasteiger partial charge in [-0.05, 0) is 17.7 Å². The van der Waals surface area contributed by atoms with Gasteiger partial charge in [0, 0.05) is 0 Å². The number of rotatable bonds is 6. The number of aromatic nitrogens is 2. The molecule has 1 aromatic carbocycles. The standard InChI is InChI=1S/C14H12F3N3O2/c15-7-11(19-14(22)13(16)17)12(21)9-1-3-10(4-2-9)20-6-5-18-8-20/h1-6,11-13,21H,7H2/p+1/t11-,12-/m1/s1. The van der Waals surface area contributed by atoms with E-state index in [2.05, 4.69) is 11.3 Å². The first-order chi connectivity index (χ1) is 10.5. The van der Waals surface area contributed by atoms with Gasteiger partial charge in [-0.25, -0.2) is 4.39 Å². The topological polar surface area (TPSA) is 68.4 Å². The van der Waals surface area contributed by atoms with Crippen LogP contribution in [0.25, 0.3) is 5.69 Å². The minimum absolute atomic E-state index is 0.293. The monoisotopic (exact) mass is 312 g/mol. The number of aliphatic hydroxyl groups is 1. The van der Waals surface area contributed by atoms with Crippen LogP contribution in [0.1, 0.15) is 11.7 Å². The second kappa shape index (κ2) is 6.95. The van der Waals surface area contributed by atoms with Crippen LogP contribution in [0.2, 0.25) is 0 Å². The van der Waals surface area contributed by atoms with E-state index in [0.29, 0.717) is 11.3 Å². The molecule has 0 radical (unpaired) electrons. The number of halogens is 3. The predicted molar refractivity (Wildman–Crippen MR) is 69.1 cm³/mol. The number of nitrogens with one attached hydrogen (secondary N) is 1.